The van der Waals surface area contributed by atoms with Crippen LogP contribution in [0.5, 0.6) is 11.8 Å². The maximum Gasteiger partial charge on any atom is 0.269 e. The van der Waals surface area contributed by atoms with Crippen LogP contribution < -0.4 is 0 Å². The van der Waals surface area contributed by atoms with Crippen molar-refractivity contribution in [1.82, 2.24) is 4.57 Å². The molecule has 1 aliphatic rings. The molecule has 2 N–H and O–H groups in total. The Hall–Kier alpha value is -3.28. The molecular formula is C19H16N2O4. The van der Waals surface area contributed by atoms with Crippen molar-refractivity contribution in [3.63, 3.8) is 0 Å². The van der Waals surface area contributed by atoms with E-state index in [0.29, 0.717) is 23.2 Å². The summed E-state index contributed by atoms with van der Waals surface area (Å²) < 4.78 is 1.46. The van der Waals surface area contributed by atoms with Crippen LogP contribution in [0.4, 0.5) is 5.69 Å². The Morgan fingerprint density at radius 2 is 1.68 bits per heavy atom. The van der Waals surface area contributed by atoms with Crippen LogP contribution in [0.15, 0.2) is 54.6 Å². The Labute approximate surface area is 143 Å². The second-order valence-corrected chi connectivity index (χ2v) is 6.40. The normalized spacial score (nSPS) is 14.1. The number of nitro benzene ring substituents is 1. The molecule has 4 rings (SSSR count). The molecule has 2 aromatic carbocycles. The van der Waals surface area contributed by atoms with E-state index >= 15 is 0 Å². The molecule has 6 heteroatoms. The maximum atomic E-state index is 11.0. The molecule has 25 heavy (non-hydrogen) atoms. The number of nitro groups is 1. The highest BCUT2D eigenvalue weighted by Crippen LogP contribution is 2.64. The molecule has 0 amide bonds. The van der Waals surface area contributed by atoms with Gasteiger partial charge in [-0.05, 0) is 18.1 Å². The number of aromatic nitrogens is 1. The Morgan fingerprint density at radius 3 is 2.28 bits per heavy atom. The monoisotopic (exact) mass is 336 g/mol. The van der Waals surface area contributed by atoms with Crippen molar-refractivity contribution in [2.75, 3.05) is 0 Å². The van der Waals surface area contributed by atoms with Gasteiger partial charge in [0.2, 0.25) is 0 Å². The van der Waals surface area contributed by atoms with Crippen LogP contribution in [-0.4, -0.2) is 19.7 Å². The molecular weight excluding hydrogens is 320 g/mol. The Morgan fingerprint density at radius 1 is 1.04 bits per heavy atom. The van der Waals surface area contributed by atoms with Crippen LogP contribution in [0.25, 0.3) is 0 Å². The number of rotatable bonds is 4. The molecule has 0 bridgehead atoms. The molecule has 0 radical (unpaired) electrons. The fraction of sp³-hybridized carbons (Fsp3) is 0.158. The summed E-state index contributed by atoms with van der Waals surface area (Å²) in [7, 11) is 0. The third-order valence-corrected chi connectivity index (χ3v) is 4.96. The zero-order valence-electron chi connectivity index (χ0n) is 13.5. The predicted molar refractivity (Wildman–Crippen MR) is 92.0 cm³/mol. The lowest BCUT2D eigenvalue weighted by Crippen LogP contribution is -2.10. The summed E-state index contributed by atoms with van der Waals surface area (Å²) in [5.41, 5.74) is 2.20. The van der Waals surface area contributed by atoms with Gasteiger partial charge in [-0.25, -0.2) is 0 Å². The first-order valence-electron chi connectivity index (χ1n) is 7.89. The first kappa shape index (κ1) is 15.3. The Balaban J connectivity index is 1.72. The Bertz CT molecular complexity index is 965. The first-order chi connectivity index (χ1) is 11.9. The number of hydrogen-bond acceptors (Lipinski definition) is 4. The smallest absolute Gasteiger partial charge is 0.269 e. The summed E-state index contributed by atoms with van der Waals surface area (Å²) in [5.74, 6) is 0.00992. The van der Waals surface area contributed by atoms with E-state index in [0.717, 1.165) is 5.56 Å². The highest BCUT2D eigenvalue weighted by Gasteiger charge is 2.56. The fourth-order valence-electron chi connectivity index (χ4n) is 3.55. The SMILES string of the molecule is CC1(c2cccc([N+](=O)[O-])c2)c2c1c(O)n(Cc1ccccc1)c2O. The van der Waals surface area contributed by atoms with Gasteiger partial charge in [0.05, 0.1) is 16.9 Å². The lowest BCUT2D eigenvalue weighted by molar-refractivity contribution is -0.384. The second kappa shape index (κ2) is 5.11. The maximum absolute atomic E-state index is 11.0. The molecule has 0 saturated carbocycles. The number of non-ortho nitro benzene ring substituents is 1. The summed E-state index contributed by atoms with van der Waals surface area (Å²) in [5, 5.41) is 32.2. The number of hydrogen-bond donors (Lipinski definition) is 2. The summed E-state index contributed by atoms with van der Waals surface area (Å²) in [6.07, 6.45) is 0. The van der Waals surface area contributed by atoms with Gasteiger partial charge < -0.3 is 10.2 Å². The van der Waals surface area contributed by atoms with Crippen LogP contribution in [0.2, 0.25) is 0 Å². The number of benzene rings is 2. The van der Waals surface area contributed by atoms with E-state index in [1.807, 2.05) is 37.3 Å². The van der Waals surface area contributed by atoms with Crippen LogP contribution in [0.1, 0.15) is 29.2 Å². The minimum atomic E-state index is -0.687. The second-order valence-electron chi connectivity index (χ2n) is 6.40. The molecule has 0 unspecified atom stereocenters. The number of aromatic hydroxyl groups is 2. The molecule has 3 aromatic rings. The van der Waals surface area contributed by atoms with Crippen LogP contribution >= 0.6 is 0 Å². The largest absolute Gasteiger partial charge is 0.494 e. The number of nitrogens with zero attached hydrogens (tertiary/aromatic N) is 2. The van der Waals surface area contributed by atoms with E-state index in [-0.39, 0.29) is 17.4 Å². The van der Waals surface area contributed by atoms with Gasteiger partial charge in [0, 0.05) is 23.3 Å². The average Bonchev–Trinajstić information content (AvgIpc) is 3.18. The standard InChI is InChI=1S/C19H16N2O4/c1-19(13-8-5-9-14(10-13)21(24)25)15-16(19)18(23)20(17(15)22)11-12-6-3-2-4-7-12/h2-10,22-23H,11H2,1H3. The molecule has 1 heterocycles. The first-order valence-corrected chi connectivity index (χ1v) is 7.89. The van der Waals surface area contributed by atoms with Crippen LogP contribution in [0.3, 0.4) is 0 Å². The van der Waals surface area contributed by atoms with E-state index in [9.17, 15) is 20.3 Å². The highest BCUT2D eigenvalue weighted by atomic mass is 16.6. The third kappa shape index (κ3) is 2.11. The lowest BCUT2D eigenvalue weighted by atomic mass is 9.92. The molecule has 0 atom stereocenters. The van der Waals surface area contributed by atoms with Crippen molar-refractivity contribution in [2.24, 2.45) is 0 Å². The summed E-state index contributed by atoms with van der Waals surface area (Å²) >= 11 is 0. The van der Waals surface area contributed by atoms with Crippen molar-refractivity contribution in [3.8, 4) is 11.8 Å². The summed E-state index contributed by atoms with van der Waals surface area (Å²) in [6.45, 7) is 2.21. The molecule has 0 aliphatic heterocycles. The van der Waals surface area contributed by atoms with E-state index in [4.69, 9.17) is 0 Å². The summed E-state index contributed by atoms with van der Waals surface area (Å²) in [6, 6.07) is 15.8. The molecule has 0 fully saturated rings. The van der Waals surface area contributed by atoms with E-state index in [2.05, 4.69) is 0 Å². The average molecular weight is 336 g/mol. The van der Waals surface area contributed by atoms with Gasteiger partial charge >= 0.3 is 0 Å². The third-order valence-electron chi connectivity index (χ3n) is 4.96. The molecule has 0 spiro atoms. The molecule has 0 saturated heterocycles. The molecule has 1 aromatic heterocycles. The highest BCUT2D eigenvalue weighted by molar-refractivity contribution is 5.76. The topological polar surface area (TPSA) is 88.5 Å². The molecule has 6 nitrogen and oxygen atoms in total. The minimum absolute atomic E-state index is 0.00496. The quantitative estimate of drug-likeness (QED) is 0.563. The van der Waals surface area contributed by atoms with Crippen LogP contribution in [-0.2, 0) is 12.0 Å². The van der Waals surface area contributed by atoms with Gasteiger partial charge in [-0.15, -0.1) is 0 Å². The van der Waals surface area contributed by atoms with Crippen molar-refractivity contribution < 1.29 is 15.1 Å². The Kier molecular flexibility index (Phi) is 3.12. The number of fused-ring (bicyclic) bond motifs is 1. The van der Waals surface area contributed by atoms with Crippen molar-refractivity contribution in [2.45, 2.75) is 18.9 Å². The minimum Gasteiger partial charge on any atom is -0.494 e. The molecule has 1 aliphatic carbocycles. The van der Waals surface area contributed by atoms with Gasteiger partial charge in [0.25, 0.3) is 5.69 Å². The fourth-order valence-corrected chi connectivity index (χ4v) is 3.55. The molecule has 126 valence electrons. The van der Waals surface area contributed by atoms with E-state index < -0.39 is 10.3 Å². The lowest BCUT2D eigenvalue weighted by Gasteiger charge is -2.16. The van der Waals surface area contributed by atoms with E-state index in [1.54, 1.807) is 12.1 Å². The zero-order chi connectivity index (χ0) is 17.8. The zero-order valence-corrected chi connectivity index (χ0v) is 13.5. The van der Waals surface area contributed by atoms with Gasteiger partial charge in [0.1, 0.15) is 0 Å². The summed E-state index contributed by atoms with van der Waals surface area (Å²) in [4.78, 5) is 10.6. The van der Waals surface area contributed by atoms with Crippen LogP contribution in [0, 0.1) is 10.1 Å². The van der Waals surface area contributed by atoms with Gasteiger partial charge in [-0.2, -0.15) is 0 Å². The van der Waals surface area contributed by atoms with Gasteiger partial charge in [-0.3, -0.25) is 14.7 Å². The van der Waals surface area contributed by atoms with Gasteiger partial charge in [0.15, 0.2) is 11.8 Å². The van der Waals surface area contributed by atoms with Gasteiger partial charge in [-0.1, -0.05) is 42.5 Å². The van der Waals surface area contributed by atoms with Crippen molar-refractivity contribution in [1.29, 1.82) is 0 Å². The van der Waals surface area contributed by atoms with Crippen molar-refractivity contribution >= 4 is 5.69 Å². The predicted octanol–water partition coefficient (Wildman–Crippen LogP) is 3.52. The van der Waals surface area contributed by atoms with E-state index in [1.165, 1.54) is 16.7 Å². The van der Waals surface area contributed by atoms with Crippen molar-refractivity contribution in [3.05, 3.63) is 87.0 Å².